The number of aromatic nitrogens is 3. The molecule has 0 N–H and O–H groups in total. The first-order chi connectivity index (χ1) is 16.2. The standard InChI is InChI=1S/C28H21N3O2/c1-2-33-28(32)26-27(31(30-29-26)17-18-7-4-3-5-8-18)23-16-14-21-12-11-19-9-6-10-20-13-15-22(23)25(21)24(19)20/h3-16H,2,17H2,1H3. The smallest absolute Gasteiger partial charge is 0.361 e. The highest BCUT2D eigenvalue weighted by molar-refractivity contribution is 6.25. The molecule has 0 radical (unpaired) electrons. The van der Waals surface area contributed by atoms with Gasteiger partial charge in [-0.1, -0.05) is 90.1 Å². The summed E-state index contributed by atoms with van der Waals surface area (Å²) in [5.41, 5.74) is 2.92. The van der Waals surface area contributed by atoms with Crippen LogP contribution in [0.25, 0.3) is 43.6 Å². The molecule has 0 bridgehead atoms. The number of hydrogen-bond donors (Lipinski definition) is 0. The number of carbonyl (C=O) groups excluding carboxylic acids is 1. The highest BCUT2D eigenvalue weighted by atomic mass is 16.5. The molecule has 0 aliphatic heterocycles. The maximum atomic E-state index is 12.8. The summed E-state index contributed by atoms with van der Waals surface area (Å²) in [6, 6.07) is 29.2. The van der Waals surface area contributed by atoms with Gasteiger partial charge in [0.25, 0.3) is 0 Å². The quantitative estimate of drug-likeness (QED) is 0.246. The molecule has 1 aromatic heterocycles. The molecule has 0 saturated carbocycles. The molecule has 0 atom stereocenters. The third kappa shape index (κ3) is 3.12. The van der Waals surface area contributed by atoms with E-state index in [0.29, 0.717) is 12.2 Å². The lowest BCUT2D eigenvalue weighted by Crippen LogP contribution is -2.09. The molecule has 0 aliphatic rings. The first kappa shape index (κ1) is 19.4. The number of benzene rings is 5. The van der Waals surface area contributed by atoms with Crippen LogP contribution in [0.3, 0.4) is 0 Å². The van der Waals surface area contributed by atoms with Crippen LogP contribution in [0.4, 0.5) is 0 Å². The van der Waals surface area contributed by atoms with Gasteiger partial charge in [0.05, 0.1) is 13.2 Å². The van der Waals surface area contributed by atoms with Gasteiger partial charge >= 0.3 is 5.97 Å². The van der Waals surface area contributed by atoms with E-state index in [-0.39, 0.29) is 12.3 Å². The van der Waals surface area contributed by atoms with Gasteiger partial charge < -0.3 is 4.74 Å². The van der Waals surface area contributed by atoms with Crippen LogP contribution in [-0.4, -0.2) is 27.6 Å². The highest BCUT2D eigenvalue weighted by Gasteiger charge is 2.24. The summed E-state index contributed by atoms with van der Waals surface area (Å²) in [6.45, 7) is 2.58. The van der Waals surface area contributed by atoms with Crippen molar-refractivity contribution < 1.29 is 9.53 Å². The van der Waals surface area contributed by atoms with Crippen molar-refractivity contribution in [2.75, 3.05) is 6.61 Å². The Kier molecular flexibility index (Phi) is 4.54. The lowest BCUT2D eigenvalue weighted by molar-refractivity contribution is 0.0520. The van der Waals surface area contributed by atoms with Gasteiger partial charge in [0.15, 0.2) is 5.69 Å². The number of hydrogen-bond acceptors (Lipinski definition) is 4. The summed E-state index contributed by atoms with van der Waals surface area (Å²) in [5, 5.41) is 15.7. The van der Waals surface area contributed by atoms with Gasteiger partial charge in [-0.25, -0.2) is 9.48 Å². The minimum absolute atomic E-state index is 0.239. The molecule has 0 fully saturated rings. The van der Waals surface area contributed by atoms with Gasteiger partial charge in [-0.2, -0.15) is 0 Å². The molecule has 6 rings (SSSR count). The van der Waals surface area contributed by atoms with Crippen LogP contribution in [0.5, 0.6) is 0 Å². The van der Waals surface area contributed by atoms with Crippen molar-refractivity contribution >= 4 is 38.3 Å². The third-order valence-electron chi connectivity index (χ3n) is 6.16. The third-order valence-corrected chi connectivity index (χ3v) is 6.16. The Bertz CT molecular complexity index is 1600. The summed E-state index contributed by atoms with van der Waals surface area (Å²) < 4.78 is 7.12. The monoisotopic (exact) mass is 431 g/mol. The van der Waals surface area contributed by atoms with Gasteiger partial charge in [0.1, 0.15) is 5.69 Å². The molecule has 0 spiro atoms. The molecule has 6 aromatic rings. The largest absolute Gasteiger partial charge is 0.461 e. The molecular weight excluding hydrogens is 410 g/mol. The van der Waals surface area contributed by atoms with E-state index in [9.17, 15) is 4.79 Å². The average molecular weight is 431 g/mol. The molecule has 33 heavy (non-hydrogen) atoms. The van der Waals surface area contributed by atoms with E-state index in [4.69, 9.17) is 4.74 Å². The highest BCUT2D eigenvalue weighted by Crippen LogP contribution is 2.39. The SMILES string of the molecule is CCOC(=O)c1nnn(Cc2ccccc2)c1-c1ccc2ccc3cccc4ccc1c2c34. The van der Waals surface area contributed by atoms with Crippen LogP contribution < -0.4 is 0 Å². The molecule has 0 saturated heterocycles. The van der Waals surface area contributed by atoms with E-state index in [2.05, 4.69) is 64.9 Å². The first-order valence-electron chi connectivity index (χ1n) is 11.1. The normalized spacial score (nSPS) is 11.5. The van der Waals surface area contributed by atoms with E-state index >= 15 is 0 Å². The van der Waals surface area contributed by atoms with Gasteiger partial charge in [-0.15, -0.1) is 5.10 Å². The Morgan fingerprint density at radius 1 is 0.818 bits per heavy atom. The fraction of sp³-hybridized carbons (Fsp3) is 0.107. The van der Waals surface area contributed by atoms with E-state index in [1.165, 1.54) is 21.5 Å². The fourth-order valence-corrected chi connectivity index (χ4v) is 4.73. The first-order valence-corrected chi connectivity index (χ1v) is 11.1. The summed E-state index contributed by atoms with van der Waals surface area (Å²) in [4.78, 5) is 12.8. The van der Waals surface area contributed by atoms with Gasteiger partial charge in [0.2, 0.25) is 0 Å². The Morgan fingerprint density at radius 2 is 1.52 bits per heavy atom. The zero-order valence-electron chi connectivity index (χ0n) is 18.2. The minimum atomic E-state index is -0.461. The molecule has 0 amide bonds. The van der Waals surface area contributed by atoms with Crippen LogP contribution in [-0.2, 0) is 11.3 Å². The fourth-order valence-electron chi connectivity index (χ4n) is 4.73. The van der Waals surface area contributed by atoms with Crippen LogP contribution >= 0.6 is 0 Å². The Labute approximate surface area is 190 Å². The van der Waals surface area contributed by atoms with E-state index in [1.54, 1.807) is 11.6 Å². The van der Waals surface area contributed by atoms with Crippen LogP contribution in [0, 0.1) is 0 Å². The molecule has 1 heterocycles. The maximum absolute atomic E-state index is 12.8. The second kappa shape index (κ2) is 7.71. The topological polar surface area (TPSA) is 57.0 Å². The number of esters is 1. The number of rotatable bonds is 5. The molecule has 0 aliphatic carbocycles. The summed E-state index contributed by atoms with van der Waals surface area (Å²) in [5.74, 6) is -0.461. The zero-order chi connectivity index (χ0) is 22.4. The van der Waals surface area contributed by atoms with Gasteiger partial charge in [0, 0.05) is 5.56 Å². The van der Waals surface area contributed by atoms with E-state index in [1.807, 2.05) is 30.3 Å². The van der Waals surface area contributed by atoms with E-state index < -0.39 is 5.97 Å². The summed E-state index contributed by atoms with van der Waals surface area (Å²) in [6.07, 6.45) is 0. The average Bonchev–Trinajstić information content (AvgIpc) is 3.26. The van der Waals surface area contributed by atoms with Gasteiger partial charge in [-0.05, 0) is 44.8 Å². The number of nitrogens with zero attached hydrogens (tertiary/aromatic N) is 3. The van der Waals surface area contributed by atoms with Crippen molar-refractivity contribution in [2.24, 2.45) is 0 Å². The Morgan fingerprint density at radius 3 is 2.27 bits per heavy atom. The van der Waals surface area contributed by atoms with Crippen molar-refractivity contribution in [1.82, 2.24) is 15.0 Å². The molecule has 5 aromatic carbocycles. The lowest BCUT2D eigenvalue weighted by atomic mass is 9.91. The Balaban J connectivity index is 1.64. The predicted molar refractivity (Wildman–Crippen MR) is 131 cm³/mol. The number of ether oxygens (including phenoxy) is 1. The zero-order valence-corrected chi connectivity index (χ0v) is 18.2. The minimum Gasteiger partial charge on any atom is -0.461 e. The maximum Gasteiger partial charge on any atom is 0.361 e. The number of carbonyl (C=O) groups is 1. The molecular formula is C28H21N3O2. The second-order valence-electron chi connectivity index (χ2n) is 8.12. The molecule has 5 heteroatoms. The molecule has 0 unspecified atom stereocenters. The Hall–Kier alpha value is -4.25. The van der Waals surface area contributed by atoms with Crippen molar-refractivity contribution in [1.29, 1.82) is 0 Å². The second-order valence-corrected chi connectivity index (χ2v) is 8.12. The van der Waals surface area contributed by atoms with Crippen LogP contribution in [0.15, 0.2) is 84.9 Å². The lowest BCUT2D eigenvalue weighted by Gasteiger charge is -2.15. The van der Waals surface area contributed by atoms with Crippen molar-refractivity contribution in [3.8, 4) is 11.3 Å². The predicted octanol–water partition coefficient (Wildman–Crippen LogP) is 6.07. The molecule has 5 nitrogen and oxygen atoms in total. The van der Waals surface area contributed by atoms with Crippen molar-refractivity contribution in [3.05, 3.63) is 96.2 Å². The van der Waals surface area contributed by atoms with Crippen LogP contribution in [0.1, 0.15) is 23.0 Å². The van der Waals surface area contributed by atoms with Crippen molar-refractivity contribution in [3.63, 3.8) is 0 Å². The summed E-state index contributed by atoms with van der Waals surface area (Å²) in [7, 11) is 0. The molecule has 160 valence electrons. The summed E-state index contributed by atoms with van der Waals surface area (Å²) >= 11 is 0. The van der Waals surface area contributed by atoms with Gasteiger partial charge in [-0.3, -0.25) is 0 Å². The van der Waals surface area contributed by atoms with Crippen LogP contribution in [0.2, 0.25) is 0 Å². The van der Waals surface area contributed by atoms with E-state index in [0.717, 1.165) is 21.9 Å². The van der Waals surface area contributed by atoms with Crippen molar-refractivity contribution in [2.45, 2.75) is 13.5 Å².